The molecule has 0 aliphatic rings. The van der Waals surface area contributed by atoms with E-state index in [1.165, 1.54) is 0 Å². The van der Waals surface area contributed by atoms with Crippen LogP contribution >= 0.6 is 0 Å². The predicted octanol–water partition coefficient (Wildman–Crippen LogP) is 0.873. The molecule has 0 amide bonds. The molecule has 0 rings (SSSR count). The van der Waals surface area contributed by atoms with Crippen LogP contribution in [0, 0.1) is 5.53 Å². The summed E-state index contributed by atoms with van der Waals surface area (Å²) in [6.07, 6.45) is 0. The topological polar surface area (TPSA) is 60.3 Å². The fourth-order valence-corrected chi connectivity index (χ4v) is 0. The first-order valence-electron chi connectivity index (χ1n) is 0.424. The monoisotopic (exact) mass is 141 g/mol. The van der Waals surface area contributed by atoms with Gasteiger partial charge in [0.25, 0.3) is 0 Å². The van der Waals surface area contributed by atoms with Gasteiger partial charge in [0, 0.05) is 21.1 Å². The summed E-state index contributed by atoms with van der Waals surface area (Å²) in [4.78, 5) is 1.75. The Morgan fingerprint density at radius 3 is 1.75 bits per heavy atom. The van der Waals surface area contributed by atoms with Crippen LogP contribution in [0.15, 0.2) is 0 Å². The Bertz CT molecular complexity index is 24.3. The van der Waals surface area contributed by atoms with E-state index in [1.54, 1.807) is 4.91 Å². The summed E-state index contributed by atoms with van der Waals surface area (Å²) in [5.41, 5.74) is 12.2. The Morgan fingerprint density at radius 2 is 1.75 bits per heavy atom. The van der Waals surface area contributed by atoms with E-state index in [-0.39, 0.29) is 21.1 Å². The van der Waals surface area contributed by atoms with E-state index in [2.05, 4.69) is 0 Å². The van der Waals surface area contributed by atoms with Crippen LogP contribution in [0.4, 0.5) is 0 Å². The Labute approximate surface area is 37.7 Å². The van der Waals surface area contributed by atoms with Crippen molar-refractivity contribution in [2.45, 2.75) is 0 Å². The third-order valence-corrected chi connectivity index (χ3v) is 0. The zero-order chi connectivity index (χ0) is 2.71. The summed E-state index contributed by atoms with van der Waals surface area (Å²) in [7, 11) is 0. The third kappa shape index (κ3) is 699000. The van der Waals surface area contributed by atoms with Crippen LogP contribution in [0.1, 0.15) is 0 Å². The van der Waals surface area contributed by atoms with E-state index in [0.29, 0.717) is 0 Å². The van der Waals surface area contributed by atoms with Crippen LogP contribution in [0.2, 0.25) is 0 Å². The summed E-state index contributed by atoms with van der Waals surface area (Å²) < 4.78 is 0. The van der Waals surface area contributed by atoms with E-state index in [9.17, 15) is 0 Å². The van der Waals surface area contributed by atoms with Crippen LogP contribution < -0.4 is 0 Å². The van der Waals surface area contributed by atoms with Gasteiger partial charge in [-0.15, -0.1) is 5.53 Å². The molecule has 0 fully saturated rings. The first-order chi connectivity index (χ1) is 1.41. The van der Waals surface area contributed by atoms with E-state index in [4.69, 9.17) is 11.1 Å². The average molecular weight is 139 g/mol. The molecule has 0 radical (unpaired) electrons. The molecule has 0 aliphatic heterocycles. The van der Waals surface area contributed by atoms with Crippen molar-refractivity contribution in [3.63, 3.8) is 0 Å². The van der Waals surface area contributed by atoms with E-state index in [0.717, 1.165) is 0 Å². The van der Waals surface area contributed by atoms with Crippen molar-refractivity contribution in [2.75, 3.05) is 0 Å². The molecule has 0 bridgehead atoms. The van der Waals surface area contributed by atoms with Gasteiger partial charge in [-0.1, -0.05) is 0 Å². The zero-order valence-corrected chi connectivity index (χ0v) is 3.81. The second-order valence-electron chi connectivity index (χ2n) is 0.100. The normalized spacial score (nSPS) is 2.00. The molecule has 0 unspecified atom stereocenters. The predicted molar refractivity (Wildman–Crippen MR) is 9.44 cm³/mol. The molecule has 0 aromatic rings. The molecule has 4 heavy (non-hydrogen) atoms. The standard InChI is InChI=1S/Mo.HN3/c;1-3-2/h;1H. The molecule has 0 saturated heterocycles. The Morgan fingerprint density at radius 1 is 1.75 bits per heavy atom. The molecular formula is HMoN3. The van der Waals surface area contributed by atoms with Crippen molar-refractivity contribution >= 4 is 0 Å². The zero-order valence-electron chi connectivity index (χ0n) is 1.80. The molecule has 3 nitrogen and oxygen atoms in total. The van der Waals surface area contributed by atoms with Gasteiger partial charge in [0.2, 0.25) is 0 Å². The van der Waals surface area contributed by atoms with E-state index in [1.807, 2.05) is 0 Å². The Kier molecular flexibility index (Phi) is 27.0. The van der Waals surface area contributed by atoms with Crippen molar-refractivity contribution < 1.29 is 21.1 Å². The van der Waals surface area contributed by atoms with Crippen molar-refractivity contribution in [1.29, 1.82) is 5.53 Å². The maximum Gasteiger partial charge on any atom is 0 e. The molecular weight excluding hydrogens is 138 g/mol. The molecule has 0 atom stereocenters. The van der Waals surface area contributed by atoms with Crippen LogP contribution in [0.5, 0.6) is 0 Å². The number of nitrogens with zero attached hydrogens (tertiary/aromatic N) is 2. The number of nitrogens with one attached hydrogen (secondary N) is 1. The molecule has 0 saturated carbocycles. The van der Waals surface area contributed by atoms with Gasteiger partial charge >= 0.3 is 0 Å². The molecule has 4 heteroatoms. The Balaban J connectivity index is 0. The maximum absolute atomic E-state index is 6.86. The number of hydrogen-bond donors (Lipinski definition) is 1. The van der Waals surface area contributed by atoms with Gasteiger partial charge in [0.15, 0.2) is 0 Å². The molecule has 0 aromatic carbocycles. The molecule has 0 aliphatic carbocycles. The van der Waals surface area contributed by atoms with E-state index >= 15 is 0 Å². The van der Waals surface area contributed by atoms with Gasteiger partial charge in [-0.3, -0.25) is 0 Å². The van der Waals surface area contributed by atoms with Gasteiger partial charge < -0.3 is 0 Å². The number of hydrogen-bond acceptors (Lipinski definition) is 1. The SMILES string of the molecule is [Mo].[N-]=[N+]=N. The van der Waals surface area contributed by atoms with Crippen molar-refractivity contribution in [1.82, 2.24) is 0 Å². The largest absolute Gasteiger partial charge is 0.108 e. The van der Waals surface area contributed by atoms with E-state index < -0.39 is 0 Å². The minimum atomic E-state index is 0. The minimum absolute atomic E-state index is 0. The van der Waals surface area contributed by atoms with Crippen LogP contribution in [-0.4, -0.2) is 0 Å². The van der Waals surface area contributed by atoms with Gasteiger partial charge in [-0.2, -0.15) is 0 Å². The van der Waals surface area contributed by atoms with Crippen molar-refractivity contribution in [3.05, 3.63) is 10.4 Å². The smallest absolute Gasteiger partial charge is 0 e. The van der Waals surface area contributed by atoms with Crippen LogP contribution in [-0.2, 0) is 21.1 Å². The van der Waals surface area contributed by atoms with Gasteiger partial charge in [-0.05, 0) is 10.4 Å². The summed E-state index contributed by atoms with van der Waals surface area (Å²) in [6.45, 7) is 0. The summed E-state index contributed by atoms with van der Waals surface area (Å²) in [6, 6.07) is 0. The molecule has 1 N–H and O–H groups in total. The molecule has 0 heterocycles. The third-order valence-electron chi connectivity index (χ3n) is 0. The second-order valence-corrected chi connectivity index (χ2v) is 0.100. The second kappa shape index (κ2) is 12.0. The van der Waals surface area contributed by atoms with Crippen molar-refractivity contribution in [3.8, 4) is 0 Å². The molecule has 22 valence electrons. The average Bonchev–Trinajstić information content (AvgIpc) is 0.918. The quantitative estimate of drug-likeness (QED) is 0.224. The van der Waals surface area contributed by atoms with Crippen molar-refractivity contribution in [2.24, 2.45) is 0 Å². The Hall–Kier alpha value is -0.00169. The van der Waals surface area contributed by atoms with Crippen LogP contribution in [0.25, 0.3) is 10.4 Å². The first-order valence-corrected chi connectivity index (χ1v) is 0.424. The van der Waals surface area contributed by atoms with Gasteiger partial charge in [-0.25, -0.2) is 0 Å². The fraction of sp³-hybridized carbons (Fsp3) is 0. The summed E-state index contributed by atoms with van der Waals surface area (Å²) >= 11 is 0. The maximum atomic E-state index is 6.86. The first kappa shape index (κ1) is 9.00. The minimum Gasteiger partial charge on any atom is -0.108 e. The fourth-order valence-electron chi connectivity index (χ4n) is 0. The number of rotatable bonds is 0. The summed E-state index contributed by atoms with van der Waals surface area (Å²) in [5, 5.41) is 0. The molecule has 0 spiro atoms. The molecule has 0 aromatic heterocycles. The van der Waals surface area contributed by atoms with Gasteiger partial charge in [0.1, 0.15) is 0 Å². The van der Waals surface area contributed by atoms with Crippen LogP contribution in [0.3, 0.4) is 0 Å². The van der Waals surface area contributed by atoms with Gasteiger partial charge in [0.05, 0.1) is 0 Å². The summed E-state index contributed by atoms with van der Waals surface area (Å²) in [5.74, 6) is 0.